The van der Waals surface area contributed by atoms with Crippen molar-refractivity contribution >= 4 is 11.8 Å². The van der Waals surface area contributed by atoms with Crippen LogP contribution in [0.4, 0.5) is 0 Å². The third-order valence-corrected chi connectivity index (χ3v) is 5.33. The molecule has 0 spiro atoms. The molecule has 1 aliphatic rings. The van der Waals surface area contributed by atoms with E-state index in [0.29, 0.717) is 11.3 Å². The fourth-order valence-electron chi connectivity index (χ4n) is 2.90. The molecule has 2 atom stereocenters. The predicted octanol–water partition coefficient (Wildman–Crippen LogP) is 3.43. The minimum absolute atomic E-state index is 0.446. The Hall–Kier alpha value is -0.710. The number of hydrogen-bond donors (Lipinski definition) is 1. The molecular weight excluding hydrogens is 282 g/mol. The predicted molar refractivity (Wildman–Crippen MR) is 90.5 cm³/mol. The van der Waals surface area contributed by atoms with E-state index in [-0.39, 0.29) is 0 Å². The number of benzene rings is 1. The molecule has 0 heterocycles. The lowest BCUT2D eigenvalue weighted by Gasteiger charge is -2.34. The number of nitrogens with one attached hydrogen (secondary N) is 1. The molecule has 118 valence electrons. The molecule has 2 unspecified atom stereocenters. The van der Waals surface area contributed by atoms with Gasteiger partial charge in [-0.1, -0.05) is 13.0 Å². The highest BCUT2D eigenvalue weighted by Gasteiger charge is 2.29. The molecule has 1 aromatic carbocycles. The maximum atomic E-state index is 5.36. The molecule has 0 saturated heterocycles. The molecule has 0 aromatic heterocycles. The molecule has 3 nitrogen and oxygen atoms in total. The highest BCUT2D eigenvalue weighted by molar-refractivity contribution is 7.99. The van der Waals surface area contributed by atoms with Gasteiger partial charge in [0.25, 0.3) is 0 Å². The van der Waals surface area contributed by atoms with Gasteiger partial charge in [0.1, 0.15) is 5.75 Å². The van der Waals surface area contributed by atoms with E-state index in [1.54, 1.807) is 14.2 Å². The molecule has 0 fully saturated rings. The van der Waals surface area contributed by atoms with Crippen LogP contribution in [0.1, 0.15) is 36.9 Å². The Kier molecular flexibility index (Phi) is 6.87. The summed E-state index contributed by atoms with van der Waals surface area (Å²) >= 11 is 2.04. The summed E-state index contributed by atoms with van der Waals surface area (Å²) < 4.78 is 10.6. The first-order valence-electron chi connectivity index (χ1n) is 7.80. The van der Waals surface area contributed by atoms with Gasteiger partial charge in [-0.2, -0.15) is 11.8 Å². The Morgan fingerprint density at radius 2 is 2.19 bits per heavy atom. The summed E-state index contributed by atoms with van der Waals surface area (Å²) in [4.78, 5) is 0. The second kappa shape index (κ2) is 8.66. The van der Waals surface area contributed by atoms with Crippen molar-refractivity contribution in [2.75, 3.05) is 33.1 Å². The Bertz CT molecular complexity index is 439. The molecular formula is C17H27NO2S. The van der Waals surface area contributed by atoms with E-state index < -0.39 is 0 Å². The van der Waals surface area contributed by atoms with Crippen LogP contribution in [0.2, 0.25) is 0 Å². The smallest absolute Gasteiger partial charge is 0.119 e. The first kappa shape index (κ1) is 16.7. The van der Waals surface area contributed by atoms with Crippen LogP contribution in [-0.2, 0) is 11.2 Å². The zero-order chi connectivity index (χ0) is 15.1. The zero-order valence-corrected chi connectivity index (χ0v) is 14.2. The van der Waals surface area contributed by atoms with Crippen molar-refractivity contribution in [3.8, 4) is 5.75 Å². The van der Waals surface area contributed by atoms with Crippen molar-refractivity contribution in [3.63, 3.8) is 0 Å². The van der Waals surface area contributed by atoms with Crippen LogP contribution in [0, 0.1) is 0 Å². The minimum Gasteiger partial charge on any atom is -0.497 e. The monoisotopic (exact) mass is 309 g/mol. The van der Waals surface area contributed by atoms with E-state index in [1.807, 2.05) is 11.8 Å². The molecule has 1 aliphatic carbocycles. The molecule has 0 amide bonds. The number of thioether (sulfide) groups is 1. The molecule has 4 heteroatoms. The van der Waals surface area contributed by atoms with Crippen molar-refractivity contribution < 1.29 is 9.47 Å². The highest BCUT2D eigenvalue weighted by atomic mass is 32.2. The van der Waals surface area contributed by atoms with Crippen LogP contribution < -0.4 is 10.1 Å². The van der Waals surface area contributed by atoms with Gasteiger partial charge in [-0.05, 0) is 49.1 Å². The molecule has 2 rings (SSSR count). The van der Waals surface area contributed by atoms with Gasteiger partial charge in [-0.15, -0.1) is 0 Å². The number of hydrogen-bond acceptors (Lipinski definition) is 4. The van der Waals surface area contributed by atoms with Crippen LogP contribution in [0.5, 0.6) is 5.75 Å². The second-order valence-electron chi connectivity index (χ2n) is 5.44. The van der Waals surface area contributed by atoms with Gasteiger partial charge in [-0.3, -0.25) is 0 Å². The molecule has 1 N–H and O–H groups in total. The molecule has 0 aliphatic heterocycles. The fraction of sp³-hybridized carbons (Fsp3) is 0.647. The van der Waals surface area contributed by atoms with Gasteiger partial charge in [0.15, 0.2) is 0 Å². The number of fused-ring (bicyclic) bond motifs is 1. The van der Waals surface area contributed by atoms with E-state index in [4.69, 9.17) is 9.47 Å². The molecule has 1 aromatic rings. The van der Waals surface area contributed by atoms with Crippen molar-refractivity contribution in [1.29, 1.82) is 0 Å². The lowest BCUT2D eigenvalue weighted by Crippen LogP contribution is -2.35. The number of ether oxygens (including phenoxy) is 2. The summed E-state index contributed by atoms with van der Waals surface area (Å²) in [5.74, 6) is 2.03. The van der Waals surface area contributed by atoms with Crippen LogP contribution in [0.15, 0.2) is 18.2 Å². The number of aryl methyl sites for hydroxylation is 1. The molecule has 21 heavy (non-hydrogen) atoms. The summed E-state index contributed by atoms with van der Waals surface area (Å²) in [7, 11) is 3.51. The van der Waals surface area contributed by atoms with Gasteiger partial charge in [0.2, 0.25) is 0 Å². The van der Waals surface area contributed by atoms with Crippen molar-refractivity contribution in [2.45, 2.75) is 37.5 Å². The summed E-state index contributed by atoms with van der Waals surface area (Å²) in [6, 6.07) is 6.97. The normalized spacial score (nSPS) is 21.1. The lowest BCUT2D eigenvalue weighted by molar-refractivity contribution is 0.218. The van der Waals surface area contributed by atoms with Crippen molar-refractivity contribution in [1.82, 2.24) is 5.32 Å². The van der Waals surface area contributed by atoms with Gasteiger partial charge < -0.3 is 14.8 Å². The van der Waals surface area contributed by atoms with Crippen molar-refractivity contribution in [2.24, 2.45) is 0 Å². The first-order valence-corrected chi connectivity index (χ1v) is 8.85. The van der Waals surface area contributed by atoms with Gasteiger partial charge in [-0.25, -0.2) is 0 Å². The summed E-state index contributed by atoms with van der Waals surface area (Å²) in [5, 5.41) is 4.37. The maximum Gasteiger partial charge on any atom is 0.119 e. The fourth-order valence-corrected chi connectivity index (χ4v) is 4.18. The van der Waals surface area contributed by atoms with Gasteiger partial charge in [0, 0.05) is 24.2 Å². The van der Waals surface area contributed by atoms with Crippen LogP contribution in [-0.4, -0.2) is 38.4 Å². The highest BCUT2D eigenvalue weighted by Crippen LogP contribution is 2.38. The third-order valence-electron chi connectivity index (χ3n) is 3.99. The largest absolute Gasteiger partial charge is 0.497 e. The van der Waals surface area contributed by atoms with E-state index in [2.05, 4.69) is 30.4 Å². The van der Waals surface area contributed by atoms with E-state index in [9.17, 15) is 0 Å². The topological polar surface area (TPSA) is 30.5 Å². The molecule has 0 saturated carbocycles. The number of rotatable bonds is 8. The average Bonchev–Trinajstić information content (AvgIpc) is 2.53. The van der Waals surface area contributed by atoms with Crippen molar-refractivity contribution in [3.05, 3.63) is 29.3 Å². The quantitative estimate of drug-likeness (QED) is 0.745. The Morgan fingerprint density at radius 3 is 2.90 bits per heavy atom. The zero-order valence-electron chi connectivity index (χ0n) is 13.4. The summed E-state index contributed by atoms with van der Waals surface area (Å²) in [6.07, 6.45) is 3.52. The first-order chi connectivity index (χ1) is 10.3. The van der Waals surface area contributed by atoms with Crippen LogP contribution in [0.3, 0.4) is 0 Å². The Balaban J connectivity index is 2.13. The molecule has 0 bridgehead atoms. The second-order valence-corrected chi connectivity index (χ2v) is 6.78. The van der Waals surface area contributed by atoms with E-state index in [1.165, 1.54) is 17.5 Å². The SMILES string of the molecule is CCCNC1c2ccc(OC)cc2CCC1SCCOC. The third kappa shape index (κ3) is 4.38. The average molecular weight is 309 g/mol. The summed E-state index contributed by atoms with van der Waals surface area (Å²) in [6.45, 7) is 4.12. The van der Waals surface area contributed by atoms with E-state index >= 15 is 0 Å². The van der Waals surface area contributed by atoms with Crippen LogP contribution >= 0.6 is 11.8 Å². The van der Waals surface area contributed by atoms with E-state index in [0.717, 1.165) is 37.5 Å². The van der Waals surface area contributed by atoms with Gasteiger partial charge >= 0.3 is 0 Å². The summed E-state index contributed by atoms with van der Waals surface area (Å²) in [5.41, 5.74) is 2.89. The Morgan fingerprint density at radius 1 is 1.33 bits per heavy atom. The standard InChI is InChI=1S/C17H27NO2S/c1-4-9-18-17-15-7-6-14(20-3)12-13(15)5-8-16(17)21-11-10-19-2/h6-7,12,16-18H,4-5,8-11H2,1-3H3. The maximum absolute atomic E-state index is 5.36. The Labute approximate surface area is 132 Å². The lowest BCUT2D eigenvalue weighted by atomic mass is 9.87. The minimum atomic E-state index is 0.446. The number of methoxy groups -OCH3 is 2. The van der Waals surface area contributed by atoms with Gasteiger partial charge in [0.05, 0.1) is 13.7 Å². The molecule has 0 radical (unpaired) electrons. The van der Waals surface area contributed by atoms with Crippen LogP contribution in [0.25, 0.3) is 0 Å².